The number of rotatable bonds is 4. The van der Waals surface area contributed by atoms with Gasteiger partial charge in [-0.1, -0.05) is 24.9 Å². The number of hydrazine groups is 1. The van der Waals surface area contributed by atoms with Crippen LogP contribution in [0.3, 0.4) is 0 Å². The Morgan fingerprint density at radius 1 is 1.26 bits per heavy atom. The Labute approximate surface area is 125 Å². The first-order chi connectivity index (χ1) is 8.95. The van der Waals surface area contributed by atoms with Crippen molar-refractivity contribution in [1.82, 2.24) is 10.3 Å². The van der Waals surface area contributed by atoms with Crippen molar-refractivity contribution in [3.8, 4) is 0 Å². The maximum Gasteiger partial charge on any atom is 0.190 e. The van der Waals surface area contributed by atoms with Crippen LogP contribution in [0.5, 0.6) is 0 Å². The molecule has 0 saturated carbocycles. The first-order valence-corrected chi connectivity index (χ1v) is 7.39. The Morgan fingerprint density at radius 3 is 2.47 bits per heavy atom. The third-order valence-corrected chi connectivity index (χ3v) is 3.81. The van der Waals surface area contributed by atoms with E-state index in [1.807, 2.05) is 24.3 Å². The van der Waals surface area contributed by atoms with Gasteiger partial charge in [-0.05, 0) is 56.8 Å². The van der Waals surface area contributed by atoms with Crippen molar-refractivity contribution >= 4 is 34.6 Å². The molecule has 0 amide bonds. The van der Waals surface area contributed by atoms with Gasteiger partial charge in [-0.3, -0.25) is 0 Å². The van der Waals surface area contributed by atoms with E-state index in [9.17, 15) is 0 Å². The lowest BCUT2D eigenvalue weighted by Gasteiger charge is -2.35. The van der Waals surface area contributed by atoms with E-state index in [1.54, 1.807) is 0 Å². The minimum Gasteiger partial charge on any atom is -0.342 e. The molecule has 5 heteroatoms. The Balaban J connectivity index is 2.29. The van der Waals surface area contributed by atoms with Crippen molar-refractivity contribution in [2.24, 2.45) is 0 Å². The molecule has 2 rings (SSSR count). The zero-order valence-electron chi connectivity index (χ0n) is 11.6. The fraction of sp³-hybridized carbons (Fsp3) is 0.500. The first kappa shape index (κ1) is 14.6. The summed E-state index contributed by atoms with van der Waals surface area (Å²) in [5.41, 5.74) is 0.884. The number of nitrogens with one attached hydrogen (secondary N) is 1. The number of unbranched alkanes of at least 4 members (excludes halogenated alkanes) is 1. The summed E-state index contributed by atoms with van der Waals surface area (Å²) in [6.45, 7) is 7.45. The Morgan fingerprint density at radius 2 is 1.89 bits per heavy atom. The molecule has 0 bridgehead atoms. The molecule has 0 aromatic heterocycles. The van der Waals surface area contributed by atoms with Crippen LogP contribution in [-0.2, 0) is 0 Å². The standard InChI is InChI=1S/C14H20ClN3S/c1-4-5-10-17-14(2,3)16-13(19)18(17)12-8-6-11(15)7-9-12/h6-9H,4-5,10H2,1-3H3,(H,16,19). The average Bonchev–Trinajstić information content (AvgIpc) is 2.57. The molecule has 1 aromatic rings. The number of thiocarbonyl (C=S) groups is 1. The SMILES string of the molecule is CCCCN1N(c2ccc(Cl)cc2)C(=S)NC1(C)C. The number of hydrogen-bond acceptors (Lipinski definition) is 2. The molecule has 1 N–H and O–H groups in total. The van der Waals surface area contributed by atoms with Gasteiger partial charge in [0.2, 0.25) is 0 Å². The Bertz CT molecular complexity index is 458. The molecule has 0 radical (unpaired) electrons. The van der Waals surface area contributed by atoms with E-state index < -0.39 is 0 Å². The van der Waals surface area contributed by atoms with Crippen LogP contribution in [-0.4, -0.2) is 22.3 Å². The fourth-order valence-corrected chi connectivity index (χ4v) is 2.84. The van der Waals surface area contributed by atoms with Crippen molar-refractivity contribution in [3.05, 3.63) is 29.3 Å². The number of anilines is 1. The van der Waals surface area contributed by atoms with Crippen LogP contribution >= 0.6 is 23.8 Å². The van der Waals surface area contributed by atoms with Gasteiger partial charge in [0.1, 0.15) is 5.66 Å². The van der Waals surface area contributed by atoms with Gasteiger partial charge >= 0.3 is 0 Å². The zero-order valence-corrected chi connectivity index (χ0v) is 13.2. The van der Waals surface area contributed by atoms with Gasteiger partial charge in [0.05, 0.1) is 5.69 Å². The predicted molar refractivity (Wildman–Crippen MR) is 85.4 cm³/mol. The highest BCUT2D eigenvalue weighted by Gasteiger charge is 2.40. The van der Waals surface area contributed by atoms with Gasteiger partial charge in [0.25, 0.3) is 0 Å². The topological polar surface area (TPSA) is 18.5 Å². The fourth-order valence-electron chi connectivity index (χ4n) is 2.27. The number of halogens is 1. The summed E-state index contributed by atoms with van der Waals surface area (Å²) >= 11 is 11.4. The van der Waals surface area contributed by atoms with Gasteiger partial charge < -0.3 is 5.32 Å². The minimum absolute atomic E-state index is 0.161. The third kappa shape index (κ3) is 3.02. The van der Waals surface area contributed by atoms with Crippen molar-refractivity contribution in [2.75, 3.05) is 11.6 Å². The summed E-state index contributed by atoms with van der Waals surface area (Å²) in [5, 5.41) is 9.19. The molecule has 3 nitrogen and oxygen atoms in total. The lowest BCUT2D eigenvalue weighted by Crippen LogP contribution is -2.50. The molecule has 19 heavy (non-hydrogen) atoms. The van der Waals surface area contributed by atoms with Crippen LogP contribution in [0.2, 0.25) is 5.02 Å². The van der Waals surface area contributed by atoms with E-state index in [4.69, 9.17) is 23.8 Å². The molecule has 1 aliphatic heterocycles. The van der Waals surface area contributed by atoms with Gasteiger partial charge in [0, 0.05) is 11.6 Å². The van der Waals surface area contributed by atoms with Gasteiger partial charge in [0.15, 0.2) is 5.11 Å². The summed E-state index contributed by atoms with van der Waals surface area (Å²) in [5.74, 6) is 0. The maximum absolute atomic E-state index is 5.95. The summed E-state index contributed by atoms with van der Waals surface area (Å²) in [4.78, 5) is 0. The Kier molecular flexibility index (Phi) is 4.33. The van der Waals surface area contributed by atoms with Gasteiger partial charge in [-0.25, -0.2) is 5.01 Å². The average molecular weight is 298 g/mol. The van der Waals surface area contributed by atoms with Crippen LogP contribution in [0, 0.1) is 0 Å². The quantitative estimate of drug-likeness (QED) is 0.852. The van der Waals surface area contributed by atoms with Crippen LogP contribution in [0.1, 0.15) is 33.6 Å². The molecule has 0 spiro atoms. The second-order valence-corrected chi connectivity index (χ2v) is 6.08. The molecule has 0 aliphatic carbocycles. The van der Waals surface area contributed by atoms with Crippen LogP contribution in [0.25, 0.3) is 0 Å². The lowest BCUT2D eigenvalue weighted by molar-refractivity contribution is 0.141. The molecule has 1 fully saturated rings. The first-order valence-electron chi connectivity index (χ1n) is 6.61. The van der Waals surface area contributed by atoms with Crippen molar-refractivity contribution in [1.29, 1.82) is 0 Å². The van der Waals surface area contributed by atoms with Crippen LogP contribution < -0.4 is 10.3 Å². The van der Waals surface area contributed by atoms with E-state index in [-0.39, 0.29) is 5.66 Å². The van der Waals surface area contributed by atoms with E-state index >= 15 is 0 Å². The predicted octanol–water partition coefficient (Wildman–Crippen LogP) is 3.79. The monoisotopic (exact) mass is 297 g/mol. The lowest BCUT2D eigenvalue weighted by atomic mass is 10.2. The normalized spacial score (nSPS) is 18.7. The van der Waals surface area contributed by atoms with E-state index in [0.717, 1.165) is 35.2 Å². The Hall–Kier alpha value is -0.840. The van der Waals surface area contributed by atoms with Crippen LogP contribution in [0.4, 0.5) is 5.69 Å². The number of nitrogens with zero attached hydrogens (tertiary/aromatic N) is 2. The summed E-state index contributed by atoms with van der Waals surface area (Å²) < 4.78 is 0. The highest BCUT2D eigenvalue weighted by molar-refractivity contribution is 7.80. The molecule has 1 aromatic carbocycles. The van der Waals surface area contributed by atoms with E-state index in [2.05, 4.69) is 36.1 Å². The third-order valence-electron chi connectivity index (χ3n) is 3.29. The second-order valence-electron chi connectivity index (χ2n) is 5.25. The molecular formula is C14H20ClN3S. The molecule has 1 aliphatic rings. The second kappa shape index (κ2) is 5.65. The smallest absolute Gasteiger partial charge is 0.190 e. The molecule has 1 saturated heterocycles. The number of hydrogen-bond donors (Lipinski definition) is 1. The van der Waals surface area contributed by atoms with Gasteiger partial charge in [-0.15, -0.1) is 0 Å². The molecule has 1 heterocycles. The summed E-state index contributed by atoms with van der Waals surface area (Å²) in [6, 6.07) is 7.78. The largest absolute Gasteiger partial charge is 0.342 e. The highest BCUT2D eigenvalue weighted by Crippen LogP contribution is 2.29. The molecular weight excluding hydrogens is 278 g/mol. The van der Waals surface area contributed by atoms with Crippen LogP contribution in [0.15, 0.2) is 24.3 Å². The zero-order chi connectivity index (χ0) is 14.0. The van der Waals surface area contributed by atoms with Gasteiger partial charge in [-0.2, -0.15) is 5.01 Å². The number of benzene rings is 1. The van der Waals surface area contributed by atoms with Crippen molar-refractivity contribution in [3.63, 3.8) is 0 Å². The molecule has 0 unspecified atom stereocenters. The summed E-state index contributed by atoms with van der Waals surface area (Å²) in [6.07, 6.45) is 2.30. The maximum atomic E-state index is 5.95. The summed E-state index contributed by atoms with van der Waals surface area (Å²) in [7, 11) is 0. The molecule has 0 atom stereocenters. The van der Waals surface area contributed by atoms with Crippen molar-refractivity contribution in [2.45, 2.75) is 39.3 Å². The van der Waals surface area contributed by atoms with Crippen molar-refractivity contribution < 1.29 is 0 Å². The van der Waals surface area contributed by atoms with E-state index in [1.165, 1.54) is 0 Å². The highest BCUT2D eigenvalue weighted by atomic mass is 35.5. The minimum atomic E-state index is -0.161. The van der Waals surface area contributed by atoms with E-state index in [0.29, 0.717) is 0 Å². The molecule has 104 valence electrons.